The quantitative estimate of drug-likeness (QED) is 0.527. The molecule has 1 aliphatic heterocycles. The van der Waals surface area contributed by atoms with E-state index in [1.165, 1.54) is 0 Å². The monoisotopic (exact) mass is 358 g/mol. The fraction of sp³-hybridized carbons (Fsp3) is 0.200. The van der Waals surface area contributed by atoms with Crippen LogP contribution in [0.4, 0.5) is 8.78 Å². The number of para-hydroxylation sites is 1. The van der Waals surface area contributed by atoms with E-state index >= 15 is 0 Å². The Hall–Kier alpha value is -1.13. The van der Waals surface area contributed by atoms with Gasteiger partial charge in [0.2, 0.25) is 0 Å². The third-order valence-electron chi connectivity index (χ3n) is 3.43. The van der Waals surface area contributed by atoms with Gasteiger partial charge < -0.3 is 4.74 Å². The minimum Gasteiger partial charge on any atom is -0.493 e. The minimum absolute atomic E-state index is 0.00793. The van der Waals surface area contributed by atoms with Gasteiger partial charge in [-0.2, -0.15) is 0 Å². The van der Waals surface area contributed by atoms with Crippen molar-refractivity contribution in [2.45, 2.75) is 10.7 Å². The maximum atomic E-state index is 13.4. The number of alkyl halides is 1. The molecule has 0 saturated heterocycles. The SMILES string of the molecule is Fc1cc(Cl)c(C(Br)C2COc3ccccc32)cc1F. The van der Waals surface area contributed by atoms with Crippen LogP contribution in [-0.2, 0) is 0 Å². The predicted molar refractivity (Wildman–Crippen MR) is 77.7 cm³/mol. The lowest BCUT2D eigenvalue weighted by atomic mass is 9.93. The van der Waals surface area contributed by atoms with Crippen LogP contribution in [0.2, 0.25) is 5.02 Å². The molecule has 0 saturated carbocycles. The molecule has 0 aliphatic carbocycles. The number of fused-ring (bicyclic) bond motifs is 1. The number of benzene rings is 2. The first-order valence-corrected chi connectivity index (χ1v) is 7.37. The van der Waals surface area contributed by atoms with Crippen LogP contribution in [-0.4, -0.2) is 6.61 Å². The minimum atomic E-state index is -0.943. The zero-order valence-corrected chi connectivity index (χ0v) is 12.6. The lowest BCUT2D eigenvalue weighted by Crippen LogP contribution is -2.09. The lowest BCUT2D eigenvalue weighted by Gasteiger charge is -2.18. The second-order valence-electron chi connectivity index (χ2n) is 4.64. The van der Waals surface area contributed by atoms with Crippen LogP contribution in [0.1, 0.15) is 21.9 Å². The van der Waals surface area contributed by atoms with Crippen molar-refractivity contribution in [2.75, 3.05) is 6.61 Å². The van der Waals surface area contributed by atoms with Crippen molar-refractivity contribution in [3.63, 3.8) is 0 Å². The molecule has 5 heteroatoms. The summed E-state index contributed by atoms with van der Waals surface area (Å²) in [6.45, 7) is 0.477. The van der Waals surface area contributed by atoms with Gasteiger partial charge in [-0.3, -0.25) is 0 Å². The first kappa shape index (κ1) is 13.8. The van der Waals surface area contributed by atoms with Crippen molar-refractivity contribution >= 4 is 27.5 Å². The van der Waals surface area contributed by atoms with Crippen molar-refractivity contribution < 1.29 is 13.5 Å². The van der Waals surface area contributed by atoms with E-state index in [4.69, 9.17) is 16.3 Å². The molecule has 1 nitrogen and oxygen atoms in total. The zero-order valence-electron chi connectivity index (χ0n) is 10.2. The molecule has 0 fully saturated rings. The largest absolute Gasteiger partial charge is 0.493 e. The number of ether oxygens (including phenoxy) is 1. The summed E-state index contributed by atoms with van der Waals surface area (Å²) in [7, 11) is 0. The predicted octanol–water partition coefficient (Wildman–Crippen LogP) is 5.23. The van der Waals surface area contributed by atoms with E-state index in [-0.39, 0.29) is 15.8 Å². The van der Waals surface area contributed by atoms with Gasteiger partial charge >= 0.3 is 0 Å². The first-order chi connectivity index (χ1) is 9.58. The summed E-state index contributed by atoms with van der Waals surface area (Å²) in [5.41, 5.74) is 1.56. The Balaban J connectivity index is 1.98. The van der Waals surface area contributed by atoms with E-state index in [1.807, 2.05) is 24.3 Å². The van der Waals surface area contributed by atoms with Crippen LogP contribution in [0.3, 0.4) is 0 Å². The van der Waals surface area contributed by atoms with E-state index in [1.54, 1.807) is 0 Å². The summed E-state index contributed by atoms with van der Waals surface area (Å²) in [5, 5.41) is 0.204. The highest BCUT2D eigenvalue weighted by atomic mass is 79.9. The third kappa shape index (κ3) is 2.31. The highest BCUT2D eigenvalue weighted by Gasteiger charge is 2.32. The van der Waals surface area contributed by atoms with Gasteiger partial charge in [0.1, 0.15) is 5.75 Å². The first-order valence-electron chi connectivity index (χ1n) is 6.08. The van der Waals surface area contributed by atoms with Gasteiger partial charge in [0.25, 0.3) is 0 Å². The van der Waals surface area contributed by atoms with Gasteiger partial charge in [-0.1, -0.05) is 45.7 Å². The van der Waals surface area contributed by atoms with Crippen LogP contribution in [0, 0.1) is 11.6 Å². The molecule has 104 valence electrons. The molecule has 0 spiro atoms. The van der Waals surface area contributed by atoms with Crippen LogP contribution in [0.5, 0.6) is 5.75 Å². The van der Waals surface area contributed by atoms with E-state index < -0.39 is 11.6 Å². The van der Waals surface area contributed by atoms with Gasteiger partial charge in [0, 0.05) is 16.5 Å². The van der Waals surface area contributed by atoms with Crippen molar-refractivity contribution in [3.05, 3.63) is 64.2 Å². The molecule has 0 radical (unpaired) electrons. The van der Waals surface area contributed by atoms with Crippen molar-refractivity contribution in [1.82, 2.24) is 0 Å². The number of hydrogen-bond acceptors (Lipinski definition) is 1. The Bertz CT molecular complexity index is 662. The number of rotatable bonds is 2. The van der Waals surface area contributed by atoms with Crippen molar-refractivity contribution in [3.8, 4) is 5.75 Å². The Morgan fingerprint density at radius 2 is 1.90 bits per heavy atom. The Labute approximate surface area is 128 Å². The molecule has 2 atom stereocenters. The molecule has 2 aromatic carbocycles. The van der Waals surface area contributed by atoms with E-state index in [0.29, 0.717) is 12.2 Å². The average molecular weight is 360 g/mol. The number of hydrogen-bond donors (Lipinski definition) is 0. The van der Waals surface area contributed by atoms with Crippen LogP contribution >= 0.6 is 27.5 Å². The molecule has 3 rings (SSSR count). The smallest absolute Gasteiger partial charge is 0.160 e. The summed E-state index contributed by atoms with van der Waals surface area (Å²) in [4.78, 5) is -0.242. The maximum Gasteiger partial charge on any atom is 0.160 e. The zero-order chi connectivity index (χ0) is 14.3. The summed E-state index contributed by atoms with van der Waals surface area (Å²) in [5.74, 6) is -1.02. The third-order valence-corrected chi connectivity index (χ3v) is 4.89. The molecule has 2 aromatic rings. The second-order valence-corrected chi connectivity index (χ2v) is 6.04. The Kier molecular flexibility index (Phi) is 3.69. The second kappa shape index (κ2) is 5.34. The van der Waals surface area contributed by atoms with E-state index in [9.17, 15) is 8.78 Å². The van der Waals surface area contributed by atoms with Crippen LogP contribution in [0.25, 0.3) is 0 Å². The average Bonchev–Trinajstić information content (AvgIpc) is 2.86. The van der Waals surface area contributed by atoms with Gasteiger partial charge in [-0.05, 0) is 23.8 Å². The maximum absolute atomic E-state index is 13.4. The molecule has 0 aromatic heterocycles. The molecule has 1 heterocycles. The molecule has 20 heavy (non-hydrogen) atoms. The molecule has 0 bridgehead atoms. The van der Waals surface area contributed by atoms with Crippen LogP contribution < -0.4 is 4.74 Å². The van der Waals surface area contributed by atoms with E-state index in [2.05, 4.69) is 15.9 Å². The van der Waals surface area contributed by atoms with Gasteiger partial charge in [0.05, 0.1) is 11.4 Å². The Morgan fingerprint density at radius 3 is 2.70 bits per heavy atom. The van der Waals surface area contributed by atoms with Gasteiger partial charge in [0.15, 0.2) is 11.6 Å². The molecule has 0 N–H and O–H groups in total. The van der Waals surface area contributed by atoms with Gasteiger partial charge in [-0.25, -0.2) is 8.78 Å². The normalized spacial score (nSPS) is 18.5. The molecule has 0 amide bonds. The standard InChI is InChI=1S/C15H10BrClF2O/c16-15(9-5-12(18)13(19)6-11(9)17)10-7-20-14-4-2-1-3-8(10)14/h1-6,10,15H,7H2. The van der Waals surface area contributed by atoms with E-state index in [0.717, 1.165) is 23.4 Å². The fourth-order valence-electron chi connectivity index (χ4n) is 2.40. The summed E-state index contributed by atoms with van der Waals surface area (Å²) >= 11 is 9.56. The summed E-state index contributed by atoms with van der Waals surface area (Å²) < 4.78 is 32.2. The summed E-state index contributed by atoms with van der Waals surface area (Å²) in [6.07, 6.45) is 0. The Morgan fingerprint density at radius 1 is 1.20 bits per heavy atom. The van der Waals surface area contributed by atoms with Crippen molar-refractivity contribution in [2.24, 2.45) is 0 Å². The lowest BCUT2D eigenvalue weighted by molar-refractivity contribution is 0.329. The highest BCUT2D eigenvalue weighted by molar-refractivity contribution is 9.09. The fourth-order valence-corrected chi connectivity index (χ4v) is 3.61. The molecular formula is C15H10BrClF2O. The van der Waals surface area contributed by atoms with Gasteiger partial charge in [-0.15, -0.1) is 0 Å². The molecular weight excluding hydrogens is 350 g/mol. The topological polar surface area (TPSA) is 9.23 Å². The highest BCUT2D eigenvalue weighted by Crippen LogP contribution is 2.47. The molecule has 1 aliphatic rings. The van der Waals surface area contributed by atoms with Crippen molar-refractivity contribution in [1.29, 1.82) is 0 Å². The molecule has 2 unspecified atom stereocenters. The summed E-state index contributed by atoms with van der Waals surface area (Å²) in [6, 6.07) is 9.82. The van der Waals surface area contributed by atoms with Crippen LogP contribution in [0.15, 0.2) is 36.4 Å². The number of halogens is 4.